The van der Waals surface area contributed by atoms with Crippen molar-refractivity contribution in [3.63, 3.8) is 0 Å². The van der Waals surface area contributed by atoms with Crippen LogP contribution in [-0.4, -0.2) is 32.3 Å². The number of hydrogen-bond acceptors (Lipinski definition) is 3. The first-order valence-electron chi connectivity index (χ1n) is 7.17. The van der Waals surface area contributed by atoms with E-state index in [-0.39, 0.29) is 10.8 Å². The van der Waals surface area contributed by atoms with Gasteiger partial charge in [0.2, 0.25) is 10.0 Å². The molecule has 5 nitrogen and oxygen atoms in total. The highest BCUT2D eigenvalue weighted by atomic mass is 32.2. The first-order valence-corrected chi connectivity index (χ1v) is 8.72. The smallest absolute Gasteiger partial charge is 0.254 e. The monoisotopic (exact) mass is 310 g/mol. The molecule has 0 unspecified atom stereocenters. The summed E-state index contributed by atoms with van der Waals surface area (Å²) in [6.07, 6.45) is 2.33. The molecule has 2 N–H and O–H groups in total. The Kier molecular flexibility index (Phi) is 4.39. The molecule has 0 radical (unpaired) electrons. The van der Waals surface area contributed by atoms with Crippen LogP contribution in [0.5, 0.6) is 0 Å². The number of aryl methyl sites for hydroxylation is 2. The van der Waals surface area contributed by atoms with Crippen molar-refractivity contribution in [2.24, 2.45) is 11.1 Å². The summed E-state index contributed by atoms with van der Waals surface area (Å²) < 4.78 is 23.2. The maximum atomic E-state index is 12.6. The number of benzene rings is 1. The van der Waals surface area contributed by atoms with Crippen molar-refractivity contribution in [1.82, 2.24) is 4.90 Å². The molecule has 1 aromatic carbocycles. The summed E-state index contributed by atoms with van der Waals surface area (Å²) in [5.41, 5.74) is 1.77. The van der Waals surface area contributed by atoms with Crippen LogP contribution in [0.25, 0.3) is 0 Å². The minimum absolute atomic E-state index is 0.0268. The van der Waals surface area contributed by atoms with Gasteiger partial charge in [-0.1, -0.05) is 6.07 Å². The third kappa shape index (κ3) is 3.63. The summed E-state index contributed by atoms with van der Waals surface area (Å²) in [5.74, 6) is 0.476. The molecule has 0 saturated heterocycles. The van der Waals surface area contributed by atoms with Gasteiger partial charge in [-0.2, -0.15) is 0 Å². The summed E-state index contributed by atoms with van der Waals surface area (Å²) in [5, 5.41) is 5.22. The van der Waals surface area contributed by atoms with Crippen LogP contribution in [0, 0.1) is 19.8 Å². The molecule has 2 rings (SSSR count). The van der Waals surface area contributed by atoms with Crippen molar-refractivity contribution in [3.05, 3.63) is 28.8 Å². The van der Waals surface area contributed by atoms with Gasteiger partial charge in [-0.05, 0) is 56.7 Å². The summed E-state index contributed by atoms with van der Waals surface area (Å²) in [4.78, 5) is 14.4. The van der Waals surface area contributed by atoms with Crippen molar-refractivity contribution in [2.45, 2.75) is 38.5 Å². The van der Waals surface area contributed by atoms with Gasteiger partial charge in [0.05, 0.1) is 4.90 Å². The van der Waals surface area contributed by atoms with Gasteiger partial charge < -0.3 is 4.90 Å². The molecule has 0 aliphatic heterocycles. The zero-order valence-corrected chi connectivity index (χ0v) is 13.5. The van der Waals surface area contributed by atoms with E-state index < -0.39 is 10.0 Å². The van der Waals surface area contributed by atoms with Gasteiger partial charge in [0.1, 0.15) is 0 Å². The molecular formula is C15H22N2O3S. The Bertz CT molecular complexity index is 664. The average Bonchev–Trinajstić information content (AvgIpc) is 3.17. The highest BCUT2D eigenvalue weighted by Crippen LogP contribution is 2.30. The van der Waals surface area contributed by atoms with Crippen molar-refractivity contribution in [1.29, 1.82) is 0 Å². The van der Waals surface area contributed by atoms with Crippen LogP contribution in [0.15, 0.2) is 17.0 Å². The SMILES string of the molecule is CCN(CC1CC1)C(=O)c1cc(S(N)(=O)=O)c(C)cc1C. The lowest BCUT2D eigenvalue weighted by Crippen LogP contribution is -2.33. The summed E-state index contributed by atoms with van der Waals surface area (Å²) in [7, 11) is -3.82. The minimum atomic E-state index is -3.82. The zero-order chi connectivity index (χ0) is 15.8. The van der Waals surface area contributed by atoms with Gasteiger partial charge in [-0.15, -0.1) is 0 Å². The number of rotatable bonds is 5. The fourth-order valence-electron chi connectivity index (χ4n) is 2.51. The van der Waals surface area contributed by atoms with Crippen LogP contribution >= 0.6 is 0 Å². The fraction of sp³-hybridized carbons (Fsp3) is 0.533. The number of primary sulfonamides is 1. The number of carbonyl (C=O) groups excluding carboxylic acids is 1. The highest BCUT2D eigenvalue weighted by molar-refractivity contribution is 7.89. The summed E-state index contributed by atoms with van der Waals surface area (Å²) >= 11 is 0. The third-order valence-corrected chi connectivity index (χ3v) is 4.96. The van der Waals surface area contributed by atoms with Gasteiger partial charge in [0.15, 0.2) is 0 Å². The Hall–Kier alpha value is -1.40. The fourth-order valence-corrected chi connectivity index (χ4v) is 3.30. The van der Waals surface area contributed by atoms with E-state index in [1.54, 1.807) is 17.9 Å². The molecule has 0 aromatic heterocycles. The lowest BCUT2D eigenvalue weighted by atomic mass is 10.0. The molecular weight excluding hydrogens is 288 g/mol. The quantitative estimate of drug-likeness (QED) is 0.901. The molecule has 1 saturated carbocycles. The number of carbonyl (C=O) groups is 1. The number of sulfonamides is 1. The van der Waals surface area contributed by atoms with E-state index in [1.165, 1.54) is 18.9 Å². The molecule has 21 heavy (non-hydrogen) atoms. The lowest BCUT2D eigenvalue weighted by molar-refractivity contribution is 0.0756. The Morgan fingerprint density at radius 3 is 2.38 bits per heavy atom. The predicted octanol–water partition coefficient (Wildman–Crippen LogP) is 1.82. The van der Waals surface area contributed by atoms with Crippen molar-refractivity contribution in [2.75, 3.05) is 13.1 Å². The van der Waals surface area contributed by atoms with E-state index in [1.807, 2.05) is 13.8 Å². The number of nitrogens with two attached hydrogens (primary N) is 1. The minimum Gasteiger partial charge on any atom is -0.339 e. The van der Waals surface area contributed by atoms with Crippen LogP contribution in [0.3, 0.4) is 0 Å². The van der Waals surface area contributed by atoms with Crippen LogP contribution in [0.2, 0.25) is 0 Å². The summed E-state index contributed by atoms with van der Waals surface area (Å²) in [6, 6.07) is 3.12. The number of nitrogens with zero attached hydrogens (tertiary/aromatic N) is 1. The molecule has 1 aliphatic rings. The second-order valence-corrected chi connectivity index (χ2v) is 7.29. The largest absolute Gasteiger partial charge is 0.339 e. The van der Waals surface area contributed by atoms with Gasteiger partial charge in [0, 0.05) is 18.7 Å². The first-order chi connectivity index (χ1) is 9.74. The van der Waals surface area contributed by atoms with E-state index >= 15 is 0 Å². The molecule has 0 bridgehead atoms. The van der Waals surface area contributed by atoms with Crippen LogP contribution in [0.4, 0.5) is 0 Å². The molecule has 0 spiro atoms. The third-order valence-electron chi connectivity index (χ3n) is 3.90. The normalized spacial score (nSPS) is 15.0. The Morgan fingerprint density at radius 1 is 1.29 bits per heavy atom. The van der Waals surface area contributed by atoms with Crippen molar-refractivity contribution < 1.29 is 13.2 Å². The first kappa shape index (κ1) is 16.0. The van der Waals surface area contributed by atoms with E-state index in [4.69, 9.17) is 5.14 Å². The number of amides is 1. The molecule has 1 aliphatic carbocycles. The predicted molar refractivity (Wildman–Crippen MR) is 81.6 cm³/mol. The maximum absolute atomic E-state index is 12.6. The Balaban J connectivity index is 2.39. The molecule has 1 amide bonds. The standard InChI is InChI=1S/C15H22N2O3S/c1-4-17(9-12-5-6-12)15(18)13-8-14(21(16,19)20)11(3)7-10(13)2/h7-8,12H,4-6,9H2,1-3H3,(H2,16,19,20). The van der Waals surface area contributed by atoms with Crippen molar-refractivity contribution >= 4 is 15.9 Å². The zero-order valence-electron chi connectivity index (χ0n) is 12.7. The van der Waals surface area contributed by atoms with Gasteiger partial charge >= 0.3 is 0 Å². The number of hydrogen-bond donors (Lipinski definition) is 1. The maximum Gasteiger partial charge on any atom is 0.254 e. The van der Waals surface area contributed by atoms with E-state index in [0.29, 0.717) is 23.6 Å². The molecule has 1 aromatic rings. The second kappa shape index (κ2) is 5.77. The van der Waals surface area contributed by atoms with Crippen LogP contribution in [-0.2, 0) is 10.0 Å². The van der Waals surface area contributed by atoms with Gasteiger partial charge in [-0.3, -0.25) is 4.79 Å². The van der Waals surface area contributed by atoms with E-state index in [0.717, 1.165) is 12.1 Å². The average molecular weight is 310 g/mol. The van der Waals surface area contributed by atoms with Gasteiger partial charge in [0.25, 0.3) is 5.91 Å². The summed E-state index contributed by atoms with van der Waals surface area (Å²) in [6.45, 7) is 6.80. The highest BCUT2D eigenvalue weighted by Gasteiger charge is 2.27. The topological polar surface area (TPSA) is 80.5 Å². The molecule has 116 valence electrons. The van der Waals surface area contributed by atoms with Crippen LogP contribution in [0.1, 0.15) is 41.3 Å². The van der Waals surface area contributed by atoms with Gasteiger partial charge in [-0.25, -0.2) is 13.6 Å². The molecule has 0 heterocycles. The van der Waals surface area contributed by atoms with Crippen LogP contribution < -0.4 is 5.14 Å². The Morgan fingerprint density at radius 2 is 1.90 bits per heavy atom. The Labute approximate surface area is 126 Å². The van der Waals surface area contributed by atoms with Crippen molar-refractivity contribution in [3.8, 4) is 0 Å². The van der Waals surface area contributed by atoms with E-state index in [2.05, 4.69) is 0 Å². The molecule has 1 fully saturated rings. The molecule has 6 heteroatoms. The molecule has 0 atom stereocenters. The lowest BCUT2D eigenvalue weighted by Gasteiger charge is -2.22. The van der Waals surface area contributed by atoms with E-state index in [9.17, 15) is 13.2 Å². The second-order valence-electron chi connectivity index (χ2n) is 5.76.